The van der Waals surface area contributed by atoms with Crippen LogP contribution in [0.15, 0.2) is 48.5 Å². The average molecular weight is 383 g/mol. The summed E-state index contributed by atoms with van der Waals surface area (Å²) in [5, 5.41) is 11.7. The smallest absolute Gasteiger partial charge is 0.337 e. The maximum Gasteiger partial charge on any atom is 0.337 e. The maximum absolute atomic E-state index is 12.1. The van der Waals surface area contributed by atoms with Crippen molar-refractivity contribution in [3.8, 4) is 11.5 Å². The number of amides is 1. The van der Waals surface area contributed by atoms with E-state index >= 15 is 0 Å². The fourth-order valence-electron chi connectivity index (χ4n) is 2.62. The third-order valence-electron chi connectivity index (χ3n) is 4.21. The van der Waals surface area contributed by atoms with E-state index in [0.29, 0.717) is 37.2 Å². The molecule has 0 unspecified atom stereocenters. The molecule has 7 heteroatoms. The molecule has 1 aliphatic rings. The largest absolute Gasteiger partial charge is 0.493 e. The maximum atomic E-state index is 12.1. The molecule has 3 rings (SSSR count). The van der Waals surface area contributed by atoms with Crippen LogP contribution in [0.5, 0.6) is 11.5 Å². The van der Waals surface area contributed by atoms with E-state index in [9.17, 15) is 9.59 Å². The van der Waals surface area contributed by atoms with E-state index in [0.717, 1.165) is 5.56 Å². The molecular formula is C21H21NO6. The fourth-order valence-corrected chi connectivity index (χ4v) is 2.62. The SMILES string of the molecule is COc1cc(C=CC(=O)Nc2ccccc2C(=O)O)ccc1OCC1COC1. The van der Waals surface area contributed by atoms with E-state index in [1.54, 1.807) is 37.5 Å². The molecule has 0 radical (unpaired) electrons. The van der Waals surface area contributed by atoms with Gasteiger partial charge in [-0.2, -0.15) is 0 Å². The van der Waals surface area contributed by atoms with Crippen LogP contribution >= 0.6 is 0 Å². The zero-order valence-electron chi connectivity index (χ0n) is 15.4. The van der Waals surface area contributed by atoms with Crippen LogP contribution in [0, 0.1) is 5.92 Å². The van der Waals surface area contributed by atoms with Crippen LogP contribution in [0.2, 0.25) is 0 Å². The summed E-state index contributed by atoms with van der Waals surface area (Å²) >= 11 is 0. The van der Waals surface area contributed by atoms with E-state index in [2.05, 4.69) is 5.32 Å². The Balaban J connectivity index is 1.64. The molecule has 28 heavy (non-hydrogen) atoms. The first kappa shape index (κ1) is 19.4. The molecule has 2 N–H and O–H groups in total. The number of carbonyl (C=O) groups excluding carboxylic acids is 1. The van der Waals surface area contributed by atoms with Gasteiger partial charge in [0.25, 0.3) is 0 Å². The van der Waals surface area contributed by atoms with Crippen LogP contribution in [0.3, 0.4) is 0 Å². The number of carboxylic acids is 1. The molecule has 146 valence electrons. The fraction of sp³-hybridized carbons (Fsp3) is 0.238. The number of hydrogen-bond acceptors (Lipinski definition) is 5. The molecule has 0 aliphatic carbocycles. The highest BCUT2D eigenvalue weighted by Gasteiger charge is 2.19. The molecule has 1 aliphatic heterocycles. The Morgan fingerprint density at radius 1 is 1.21 bits per heavy atom. The highest BCUT2D eigenvalue weighted by molar-refractivity contribution is 6.06. The third kappa shape index (κ3) is 4.89. The van der Waals surface area contributed by atoms with Crippen LogP contribution < -0.4 is 14.8 Å². The van der Waals surface area contributed by atoms with Crippen molar-refractivity contribution < 1.29 is 28.9 Å². The monoisotopic (exact) mass is 383 g/mol. The normalized spacial score (nSPS) is 13.8. The predicted molar refractivity (Wildman–Crippen MR) is 104 cm³/mol. The molecule has 0 saturated carbocycles. The van der Waals surface area contributed by atoms with Gasteiger partial charge >= 0.3 is 5.97 Å². The zero-order valence-corrected chi connectivity index (χ0v) is 15.4. The van der Waals surface area contributed by atoms with Crippen LogP contribution in [0.1, 0.15) is 15.9 Å². The summed E-state index contributed by atoms with van der Waals surface area (Å²) in [7, 11) is 1.55. The average Bonchev–Trinajstić information content (AvgIpc) is 2.66. The summed E-state index contributed by atoms with van der Waals surface area (Å²) in [5.41, 5.74) is 1.02. The first-order valence-electron chi connectivity index (χ1n) is 8.77. The van der Waals surface area contributed by atoms with Crippen molar-refractivity contribution >= 4 is 23.6 Å². The quantitative estimate of drug-likeness (QED) is 0.681. The molecule has 0 aromatic heterocycles. The Bertz CT molecular complexity index is 888. The number of hydrogen-bond donors (Lipinski definition) is 2. The second kappa shape index (κ2) is 9.05. The summed E-state index contributed by atoms with van der Waals surface area (Å²) in [5.74, 6) is 0.0682. The van der Waals surface area contributed by atoms with Gasteiger partial charge in [-0.25, -0.2) is 4.79 Å². The molecule has 0 atom stereocenters. The van der Waals surface area contributed by atoms with Gasteiger partial charge in [0.1, 0.15) is 0 Å². The number of nitrogens with one attached hydrogen (secondary N) is 1. The van der Waals surface area contributed by atoms with E-state index in [1.165, 1.54) is 18.2 Å². The summed E-state index contributed by atoms with van der Waals surface area (Å²) in [6, 6.07) is 11.6. The third-order valence-corrected chi connectivity index (χ3v) is 4.21. The van der Waals surface area contributed by atoms with Crippen molar-refractivity contribution in [2.75, 3.05) is 32.2 Å². The Morgan fingerprint density at radius 2 is 2.00 bits per heavy atom. The highest BCUT2D eigenvalue weighted by Crippen LogP contribution is 2.29. The lowest BCUT2D eigenvalue weighted by atomic mass is 10.1. The van der Waals surface area contributed by atoms with Crippen molar-refractivity contribution in [2.45, 2.75) is 0 Å². The molecule has 2 aromatic carbocycles. The van der Waals surface area contributed by atoms with Crippen LogP contribution in [0.25, 0.3) is 6.08 Å². The lowest BCUT2D eigenvalue weighted by Crippen LogP contribution is -2.32. The molecular weight excluding hydrogens is 362 g/mol. The molecule has 1 heterocycles. The first-order chi connectivity index (χ1) is 13.6. The Morgan fingerprint density at radius 3 is 2.68 bits per heavy atom. The number of para-hydroxylation sites is 1. The topological polar surface area (TPSA) is 94.1 Å². The lowest BCUT2D eigenvalue weighted by molar-refractivity contribution is -0.111. The minimum atomic E-state index is -1.10. The Hall–Kier alpha value is -3.32. The molecule has 1 amide bonds. The van der Waals surface area contributed by atoms with E-state index in [1.807, 2.05) is 6.07 Å². The minimum absolute atomic E-state index is 0.0317. The summed E-state index contributed by atoms with van der Waals surface area (Å²) in [4.78, 5) is 23.3. The predicted octanol–water partition coefficient (Wildman–Crippen LogP) is 3.07. The minimum Gasteiger partial charge on any atom is -0.493 e. The van der Waals surface area contributed by atoms with E-state index < -0.39 is 11.9 Å². The highest BCUT2D eigenvalue weighted by atomic mass is 16.5. The van der Waals surface area contributed by atoms with E-state index in [-0.39, 0.29) is 11.3 Å². The van der Waals surface area contributed by atoms with Crippen molar-refractivity contribution in [3.05, 3.63) is 59.7 Å². The number of methoxy groups -OCH3 is 1. The van der Waals surface area contributed by atoms with Crippen molar-refractivity contribution in [1.82, 2.24) is 0 Å². The Labute approximate surface area is 162 Å². The molecule has 0 bridgehead atoms. The van der Waals surface area contributed by atoms with Gasteiger partial charge in [-0.3, -0.25) is 4.79 Å². The lowest BCUT2D eigenvalue weighted by Gasteiger charge is -2.26. The van der Waals surface area contributed by atoms with Gasteiger partial charge in [0.2, 0.25) is 5.91 Å². The zero-order chi connectivity index (χ0) is 19.9. The van der Waals surface area contributed by atoms with Gasteiger partial charge in [0.05, 0.1) is 38.2 Å². The number of carboxylic acid groups (broad SMARTS) is 1. The van der Waals surface area contributed by atoms with Gasteiger partial charge in [-0.1, -0.05) is 18.2 Å². The number of aromatic carboxylic acids is 1. The summed E-state index contributed by atoms with van der Waals surface area (Å²) < 4.78 is 16.2. The first-order valence-corrected chi connectivity index (χ1v) is 8.77. The van der Waals surface area contributed by atoms with Crippen LogP contribution in [0.4, 0.5) is 5.69 Å². The second-order valence-corrected chi connectivity index (χ2v) is 6.30. The van der Waals surface area contributed by atoms with Gasteiger partial charge in [0.15, 0.2) is 11.5 Å². The molecule has 1 saturated heterocycles. The van der Waals surface area contributed by atoms with Crippen molar-refractivity contribution in [3.63, 3.8) is 0 Å². The van der Waals surface area contributed by atoms with Crippen LogP contribution in [-0.2, 0) is 9.53 Å². The molecule has 2 aromatic rings. The van der Waals surface area contributed by atoms with Gasteiger partial charge < -0.3 is 24.6 Å². The summed E-state index contributed by atoms with van der Waals surface area (Å²) in [6.07, 6.45) is 2.95. The van der Waals surface area contributed by atoms with Crippen molar-refractivity contribution in [2.24, 2.45) is 5.92 Å². The van der Waals surface area contributed by atoms with Gasteiger partial charge in [-0.05, 0) is 35.9 Å². The Kier molecular flexibility index (Phi) is 6.29. The van der Waals surface area contributed by atoms with E-state index in [4.69, 9.17) is 19.3 Å². The number of carbonyl (C=O) groups is 2. The summed E-state index contributed by atoms with van der Waals surface area (Å²) in [6.45, 7) is 1.99. The number of benzene rings is 2. The van der Waals surface area contributed by atoms with Gasteiger partial charge in [0, 0.05) is 12.0 Å². The standard InChI is InChI=1S/C21H21NO6/c1-26-19-10-14(6-8-18(19)28-13-15-11-27-12-15)7-9-20(23)22-17-5-3-2-4-16(17)21(24)25/h2-10,15H,11-13H2,1H3,(H,22,23)(H,24,25). The van der Waals surface area contributed by atoms with Crippen LogP contribution in [-0.4, -0.2) is 43.9 Å². The van der Waals surface area contributed by atoms with Crippen molar-refractivity contribution in [1.29, 1.82) is 0 Å². The number of rotatable bonds is 8. The molecule has 7 nitrogen and oxygen atoms in total. The second-order valence-electron chi connectivity index (χ2n) is 6.30. The number of ether oxygens (including phenoxy) is 3. The molecule has 0 spiro atoms. The van der Waals surface area contributed by atoms with Gasteiger partial charge in [-0.15, -0.1) is 0 Å². The number of anilines is 1. The molecule has 1 fully saturated rings.